The number of aliphatic hydroxyl groups excluding tert-OH is 1. The van der Waals surface area contributed by atoms with Gasteiger partial charge < -0.3 is 10.4 Å². The van der Waals surface area contributed by atoms with Crippen molar-refractivity contribution in [3.05, 3.63) is 18.0 Å². The highest BCUT2D eigenvalue weighted by Gasteiger charge is 2.04. The van der Waals surface area contributed by atoms with Gasteiger partial charge in [0.25, 0.3) is 0 Å². The number of rotatable bonds is 4. The Morgan fingerprint density at radius 1 is 1.75 bits per heavy atom. The molecule has 2 N–H and O–H groups in total. The molecule has 1 atom stereocenters. The molecule has 0 aromatic carbocycles. The molecule has 68 valence electrons. The van der Waals surface area contributed by atoms with Gasteiger partial charge in [0.2, 0.25) is 0 Å². The van der Waals surface area contributed by atoms with Gasteiger partial charge in [0.1, 0.15) is 0 Å². The summed E-state index contributed by atoms with van der Waals surface area (Å²) in [4.78, 5) is 0. The minimum atomic E-state index is 0.171. The van der Waals surface area contributed by atoms with Crippen LogP contribution in [0.4, 0.5) is 0 Å². The van der Waals surface area contributed by atoms with Crippen molar-refractivity contribution in [3.8, 4) is 0 Å². The summed E-state index contributed by atoms with van der Waals surface area (Å²) < 4.78 is 1.77. The number of nitrogens with one attached hydrogen (secondary N) is 1. The number of hydrogen-bond acceptors (Lipinski definition) is 3. The van der Waals surface area contributed by atoms with E-state index >= 15 is 0 Å². The molecule has 0 spiro atoms. The monoisotopic (exact) mass is 169 g/mol. The minimum absolute atomic E-state index is 0.171. The molecular weight excluding hydrogens is 154 g/mol. The maximum atomic E-state index is 8.58. The quantitative estimate of drug-likeness (QED) is 0.670. The van der Waals surface area contributed by atoms with E-state index in [1.807, 2.05) is 26.4 Å². The van der Waals surface area contributed by atoms with E-state index in [-0.39, 0.29) is 12.6 Å². The molecule has 0 amide bonds. The number of nitrogens with zero attached hydrogens (tertiary/aromatic N) is 2. The van der Waals surface area contributed by atoms with Crippen molar-refractivity contribution in [1.82, 2.24) is 15.1 Å². The van der Waals surface area contributed by atoms with Gasteiger partial charge in [0.15, 0.2) is 0 Å². The second-order valence-corrected chi connectivity index (χ2v) is 2.85. The zero-order valence-electron chi connectivity index (χ0n) is 7.49. The zero-order chi connectivity index (χ0) is 8.97. The molecule has 1 rings (SSSR count). The summed E-state index contributed by atoms with van der Waals surface area (Å²) in [6.07, 6.45) is 3.80. The fourth-order valence-corrected chi connectivity index (χ4v) is 1.06. The predicted octanol–water partition coefficient (Wildman–Crippen LogP) is 0.0630. The fourth-order valence-electron chi connectivity index (χ4n) is 1.06. The van der Waals surface area contributed by atoms with Gasteiger partial charge in [-0.05, 0) is 6.92 Å². The molecule has 0 aliphatic carbocycles. The van der Waals surface area contributed by atoms with Gasteiger partial charge in [0.05, 0.1) is 12.8 Å². The van der Waals surface area contributed by atoms with E-state index < -0.39 is 0 Å². The lowest BCUT2D eigenvalue weighted by molar-refractivity contribution is 0.286. The first-order valence-electron chi connectivity index (χ1n) is 4.07. The Morgan fingerprint density at radius 2 is 2.50 bits per heavy atom. The average molecular weight is 169 g/mol. The molecular formula is C8H15N3O. The van der Waals surface area contributed by atoms with Crippen LogP contribution in [0.25, 0.3) is 0 Å². The molecule has 4 heteroatoms. The first kappa shape index (κ1) is 9.22. The van der Waals surface area contributed by atoms with Crippen LogP contribution in [-0.2, 0) is 7.05 Å². The highest BCUT2D eigenvalue weighted by molar-refractivity contribution is 5.08. The van der Waals surface area contributed by atoms with Crippen LogP contribution < -0.4 is 5.32 Å². The Morgan fingerprint density at radius 3 is 3.00 bits per heavy atom. The van der Waals surface area contributed by atoms with Crippen LogP contribution in [0.3, 0.4) is 0 Å². The van der Waals surface area contributed by atoms with Crippen LogP contribution in [0, 0.1) is 0 Å². The summed E-state index contributed by atoms with van der Waals surface area (Å²) in [6, 6.07) is 0.255. The Kier molecular flexibility index (Phi) is 3.25. The van der Waals surface area contributed by atoms with Crippen molar-refractivity contribution in [2.24, 2.45) is 7.05 Å². The predicted molar refractivity (Wildman–Crippen MR) is 46.7 cm³/mol. The number of aliphatic hydroxyl groups is 1. The van der Waals surface area contributed by atoms with Crippen molar-refractivity contribution >= 4 is 0 Å². The van der Waals surface area contributed by atoms with Crippen molar-refractivity contribution in [2.45, 2.75) is 13.0 Å². The van der Waals surface area contributed by atoms with Crippen LogP contribution in [0.5, 0.6) is 0 Å². The SMILES string of the molecule is CC(NCCO)c1cnn(C)c1. The van der Waals surface area contributed by atoms with Gasteiger partial charge in [-0.15, -0.1) is 0 Å². The first-order chi connectivity index (χ1) is 5.74. The van der Waals surface area contributed by atoms with Gasteiger partial charge in [-0.25, -0.2) is 0 Å². The van der Waals surface area contributed by atoms with Crippen LogP contribution in [0.15, 0.2) is 12.4 Å². The van der Waals surface area contributed by atoms with Crippen LogP contribution in [-0.4, -0.2) is 28.0 Å². The molecule has 0 saturated carbocycles. The molecule has 0 radical (unpaired) electrons. The van der Waals surface area contributed by atoms with Crippen molar-refractivity contribution in [2.75, 3.05) is 13.2 Å². The molecule has 1 aromatic rings. The number of aryl methyl sites for hydroxylation is 1. The summed E-state index contributed by atoms with van der Waals surface area (Å²) in [6.45, 7) is 2.84. The van der Waals surface area contributed by atoms with E-state index in [9.17, 15) is 0 Å². The van der Waals surface area contributed by atoms with E-state index in [0.717, 1.165) is 5.56 Å². The summed E-state index contributed by atoms with van der Waals surface area (Å²) in [7, 11) is 1.89. The largest absolute Gasteiger partial charge is 0.395 e. The second kappa shape index (κ2) is 4.23. The third kappa shape index (κ3) is 2.32. The Labute approximate surface area is 72.2 Å². The average Bonchev–Trinajstić information content (AvgIpc) is 2.47. The van der Waals surface area contributed by atoms with Crippen molar-refractivity contribution < 1.29 is 5.11 Å². The Hall–Kier alpha value is -0.870. The van der Waals surface area contributed by atoms with E-state index in [1.165, 1.54) is 0 Å². The van der Waals surface area contributed by atoms with E-state index in [0.29, 0.717) is 6.54 Å². The highest BCUT2D eigenvalue weighted by atomic mass is 16.3. The molecule has 1 heterocycles. The van der Waals surface area contributed by atoms with E-state index in [2.05, 4.69) is 10.4 Å². The molecule has 12 heavy (non-hydrogen) atoms. The summed E-state index contributed by atoms with van der Waals surface area (Å²) in [5.41, 5.74) is 1.14. The maximum Gasteiger partial charge on any atom is 0.0556 e. The Bertz CT molecular complexity index is 234. The lowest BCUT2D eigenvalue weighted by Crippen LogP contribution is -2.21. The Balaban J connectivity index is 2.47. The number of hydrogen-bond donors (Lipinski definition) is 2. The molecule has 4 nitrogen and oxygen atoms in total. The lowest BCUT2D eigenvalue weighted by Gasteiger charge is -2.09. The molecule has 1 aromatic heterocycles. The molecule has 0 fully saturated rings. The second-order valence-electron chi connectivity index (χ2n) is 2.85. The van der Waals surface area contributed by atoms with Crippen LogP contribution >= 0.6 is 0 Å². The first-order valence-corrected chi connectivity index (χ1v) is 4.07. The van der Waals surface area contributed by atoms with Gasteiger partial charge in [-0.1, -0.05) is 0 Å². The van der Waals surface area contributed by atoms with Crippen LogP contribution in [0.1, 0.15) is 18.5 Å². The molecule has 0 bridgehead atoms. The van der Waals surface area contributed by atoms with Gasteiger partial charge in [-0.2, -0.15) is 5.10 Å². The van der Waals surface area contributed by atoms with Gasteiger partial charge in [0, 0.05) is 31.4 Å². The standard InChI is InChI=1S/C8H15N3O/c1-7(9-3-4-12)8-5-10-11(2)6-8/h5-7,9,12H,3-4H2,1-2H3. The minimum Gasteiger partial charge on any atom is -0.395 e. The highest BCUT2D eigenvalue weighted by Crippen LogP contribution is 2.08. The molecule has 1 unspecified atom stereocenters. The summed E-state index contributed by atoms with van der Waals surface area (Å²) in [5.74, 6) is 0. The van der Waals surface area contributed by atoms with Crippen molar-refractivity contribution in [3.63, 3.8) is 0 Å². The molecule has 0 aliphatic heterocycles. The van der Waals surface area contributed by atoms with Crippen LogP contribution in [0.2, 0.25) is 0 Å². The van der Waals surface area contributed by atoms with E-state index in [1.54, 1.807) is 4.68 Å². The third-order valence-electron chi connectivity index (χ3n) is 1.79. The summed E-state index contributed by atoms with van der Waals surface area (Å²) >= 11 is 0. The van der Waals surface area contributed by atoms with Gasteiger partial charge >= 0.3 is 0 Å². The smallest absolute Gasteiger partial charge is 0.0556 e. The van der Waals surface area contributed by atoms with Crippen molar-refractivity contribution in [1.29, 1.82) is 0 Å². The molecule has 0 saturated heterocycles. The normalized spacial score (nSPS) is 13.2. The maximum absolute atomic E-state index is 8.58. The lowest BCUT2D eigenvalue weighted by atomic mass is 10.2. The van der Waals surface area contributed by atoms with E-state index in [4.69, 9.17) is 5.11 Å². The number of aromatic nitrogens is 2. The van der Waals surface area contributed by atoms with Gasteiger partial charge in [-0.3, -0.25) is 4.68 Å². The fraction of sp³-hybridized carbons (Fsp3) is 0.625. The molecule has 0 aliphatic rings. The summed E-state index contributed by atoms with van der Waals surface area (Å²) in [5, 5.41) is 15.8. The topological polar surface area (TPSA) is 50.1 Å². The zero-order valence-corrected chi connectivity index (χ0v) is 7.49. The third-order valence-corrected chi connectivity index (χ3v) is 1.79.